The molecule has 6 nitrogen and oxygen atoms in total. The van der Waals surface area contributed by atoms with E-state index >= 15 is 0 Å². The molecule has 1 aliphatic heterocycles. The molecule has 1 unspecified atom stereocenters. The maximum Gasteiger partial charge on any atom is 0.231 e. The summed E-state index contributed by atoms with van der Waals surface area (Å²) < 4.78 is 25.6. The summed E-state index contributed by atoms with van der Waals surface area (Å²) >= 11 is 0. The summed E-state index contributed by atoms with van der Waals surface area (Å²) in [4.78, 5) is 2.15. The van der Waals surface area contributed by atoms with Crippen molar-refractivity contribution in [2.24, 2.45) is 0 Å². The highest BCUT2D eigenvalue weighted by molar-refractivity contribution is 5.44. The molecule has 3 aromatic rings. The highest BCUT2D eigenvalue weighted by Crippen LogP contribution is 2.33. The number of aliphatic hydroxyl groups excluding tert-OH is 1. The molecule has 4 rings (SSSR count). The van der Waals surface area contributed by atoms with Crippen LogP contribution in [0, 0.1) is 5.82 Å². The van der Waals surface area contributed by atoms with Crippen molar-refractivity contribution in [2.45, 2.75) is 26.1 Å². The lowest BCUT2D eigenvalue weighted by Crippen LogP contribution is -2.30. The second-order valence-corrected chi connectivity index (χ2v) is 6.98. The standard InChI is InChI=1S/C21H22FN3O3/c1-15(26)10-24(11-16-2-7-20-21(8-16)28-14-27-20)12-17-9-23-25(13-17)19-5-3-18(22)4-6-19/h2-9,13,15,26H,10-12,14H2,1H3. The fourth-order valence-corrected chi connectivity index (χ4v) is 3.29. The highest BCUT2D eigenvalue weighted by atomic mass is 19.1. The van der Waals surface area contributed by atoms with Gasteiger partial charge in [0.1, 0.15) is 5.82 Å². The van der Waals surface area contributed by atoms with Gasteiger partial charge in [-0.3, -0.25) is 4.90 Å². The molecule has 1 N–H and O–H groups in total. The van der Waals surface area contributed by atoms with E-state index in [1.807, 2.05) is 24.4 Å². The first-order valence-electron chi connectivity index (χ1n) is 9.15. The van der Waals surface area contributed by atoms with Gasteiger partial charge in [0.05, 0.1) is 18.0 Å². The number of rotatable bonds is 7. The predicted molar refractivity (Wildman–Crippen MR) is 102 cm³/mol. The first kappa shape index (κ1) is 18.5. The Bertz CT molecular complexity index is 940. The van der Waals surface area contributed by atoms with Gasteiger partial charge < -0.3 is 14.6 Å². The summed E-state index contributed by atoms with van der Waals surface area (Å²) in [7, 11) is 0. The van der Waals surface area contributed by atoms with Crippen LogP contribution >= 0.6 is 0 Å². The molecule has 28 heavy (non-hydrogen) atoms. The van der Waals surface area contributed by atoms with E-state index in [1.54, 1.807) is 29.9 Å². The molecular weight excluding hydrogens is 361 g/mol. The number of aliphatic hydroxyl groups is 1. The van der Waals surface area contributed by atoms with Gasteiger partial charge in [0, 0.05) is 31.4 Å². The van der Waals surface area contributed by atoms with E-state index < -0.39 is 6.10 Å². The third-order valence-electron chi connectivity index (χ3n) is 4.50. The van der Waals surface area contributed by atoms with Crippen LogP contribution in [0.25, 0.3) is 5.69 Å². The second kappa shape index (κ2) is 8.00. The zero-order valence-electron chi connectivity index (χ0n) is 15.6. The van der Waals surface area contributed by atoms with Crippen molar-refractivity contribution in [2.75, 3.05) is 13.3 Å². The Morgan fingerprint density at radius 1 is 1.11 bits per heavy atom. The summed E-state index contributed by atoms with van der Waals surface area (Å²) in [5, 5.41) is 14.3. The highest BCUT2D eigenvalue weighted by Gasteiger charge is 2.16. The molecule has 0 spiro atoms. The van der Waals surface area contributed by atoms with Crippen LogP contribution in [0.15, 0.2) is 54.9 Å². The van der Waals surface area contributed by atoms with E-state index in [0.29, 0.717) is 19.6 Å². The lowest BCUT2D eigenvalue weighted by molar-refractivity contribution is 0.118. The van der Waals surface area contributed by atoms with Crippen LogP contribution in [0.1, 0.15) is 18.1 Å². The molecule has 0 bridgehead atoms. The summed E-state index contributed by atoms with van der Waals surface area (Å²) in [6, 6.07) is 12.1. The van der Waals surface area contributed by atoms with Crippen molar-refractivity contribution in [1.82, 2.24) is 14.7 Å². The largest absolute Gasteiger partial charge is 0.454 e. The molecule has 1 aromatic heterocycles. The van der Waals surface area contributed by atoms with Crippen molar-refractivity contribution < 1.29 is 19.0 Å². The number of benzene rings is 2. The first-order chi connectivity index (χ1) is 13.6. The van der Waals surface area contributed by atoms with Crippen LogP contribution in [0.2, 0.25) is 0 Å². The lowest BCUT2D eigenvalue weighted by atomic mass is 10.1. The molecule has 0 fully saturated rings. The molecule has 0 aliphatic carbocycles. The fraction of sp³-hybridized carbons (Fsp3) is 0.286. The van der Waals surface area contributed by atoms with E-state index in [1.165, 1.54) is 12.1 Å². The number of aromatic nitrogens is 2. The van der Waals surface area contributed by atoms with Gasteiger partial charge in [-0.05, 0) is 48.9 Å². The second-order valence-electron chi connectivity index (χ2n) is 6.98. The zero-order valence-corrected chi connectivity index (χ0v) is 15.6. The van der Waals surface area contributed by atoms with Crippen molar-refractivity contribution in [3.8, 4) is 17.2 Å². The third-order valence-corrected chi connectivity index (χ3v) is 4.50. The fourth-order valence-electron chi connectivity index (χ4n) is 3.29. The Hall–Kier alpha value is -2.90. The first-order valence-corrected chi connectivity index (χ1v) is 9.15. The topological polar surface area (TPSA) is 59.8 Å². The van der Waals surface area contributed by atoms with Crippen molar-refractivity contribution in [3.63, 3.8) is 0 Å². The number of hydrogen-bond acceptors (Lipinski definition) is 5. The van der Waals surface area contributed by atoms with Crippen LogP contribution in [0.3, 0.4) is 0 Å². The zero-order chi connectivity index (χ0) is 19.5. The van der Waals surface area contributed by atoms with E-state index in [-0.39, 0.29) is 12.6 Å². The molecule has 0 amide bonds. The average molecular weight is 383 g/mol. The molecule has 0 radical (unpaired) electrons. The Balaban J connectivity index is 1.48. The van der Waals surface area contributed by atoms with E-state index in [2.05, 4.69) is 10.00 Å². The minimum Gasteiger partial charge on any atom is -0.454 e. The maximum absolute atomic E-state index is 13.1. The van der Waals surface area contributed by atoms with Crippen LogP contribution in [-0.4, -0.2) is 39.2 Å². The van der Waals surface area contributed by atoms with Gasteiger partial charge in [-0.15, -0.1) is 0 Å². The third kappa shape index (κ3) is 4.32. The molecule has 1 atom stereocenters. The summed E-state index contributed by atoms with van der Waals surface area (Å²) in [6.07, 6.45) is 3.25. The van der Waals surface area contributed by atoms with Gasteiger partial charge in [0.2, 0.25) is 6.79 Å². The molecule has 1 aliphatic rings. The maximum atomic E-state index is 13.1. The van der Waals surface area contributed by atoms with Crippen molar-refractivity contribution in [1.29, 1.82) is 0 Å². The van der Waals surface area contributed by atoms with E-state index in [9.17, 15) is 9.50 Å². The van der Waals surface area contributed by atoms with Gasteiger partial charge in [0.25, 0.3) is 0 Å². The summed E-state index contributed by atoms with van der Waals surface area (Å²) in [6.45, 7) is 3.83. The van der Waals surface area contributed by atoms with Crippen LogP contribution in [0.5, 0.6) is 11.5 Å². The quantitative estimate of drug-likeness (QED) is 0.679. The van der Waals surface area contributed by atoms with Gasteiger partial charge in [-0.25, -0.2) is 9.07 Å². The average Bonchev–Trinajstić information content (AvgIpc) is 3.31. The van der Waals surface area contributed by atoms with Crippen molar-refractivity contribution in [3.05, 3.63) is 71.8 Å². The SMILES string of the molecule is CC(O)CN(Cc1ccc2c(c1)OCO2)Cc1cnn(-c2ccc(F)cc2)c1. The lowest BCUT2D eigenvalue weighted by Gasteiger charge is -2.23. The normalized spacial score (nSPS) is 13.9. The van der Waals surface area contributed by atoms with E-state index in [0.717, 1.165) is 28.3 Å². The Kier molecular flexibility index (Phi) is 5.27. The molecule has 2 aromatic carbocycles. The molecule has 0 saturated heterocycles. The summed E-state index contributed by atoms with van der Waals surface area (Å²) in [5.41, 5.74) is 2.88. The van der Waals surface area contributed by atoms with Gasteiger partial charge in [-0.2, -0.15) is 5.10 Å². The van der Waals surface area contributed by atoms with Crippen LogP contribution in [0.4, 0.5) is 4.39 Å². The minimum atomic E-state index is -0.457. The Labute approximate surface area is 162 Å². The monoisotopic (exact) mass is 383 g/mol. The Morgan fingerprint density at radius 2 is 1.86 bits per heavy atom. The number of ether oxygens (including phenoxy) is 2. The number of fused-ring (bicyclic) bond motifs is 1. The van der Waals surface area contributed by atoms with Gasteiger partial charge >= 0.3 is 0 Å². The number of hydrogen-bond donors (Lipinski definition) is 1. The number of nitrogens with zero attached hydrogens (tertiary/aromatic N) is 3. The van der Waals surface area contributed by atoms with Crippen molar-refractivity contribution >= 4 is 0 Å². The molecular formula is C21H22FN3O3. The smallest absolute Gasteiger partial charge is 0.231 e. The van der Waals surface area contributed by atoms with Crippen LogP contribution < -0.4 is 9.47 Å². The molecule has 0 saturated carbocycles. The van der Waals surface area contributed by atoms with Gasteiger partial charge in [-0.1, -0.05) is 6.07 Å². The molecule has 7 heteroatoms. The molecule has 2 heterocycles. The van der Waals surface area contributed by atoms with E-state index in [4.69, 9.17) is 9.47 Å². The molecule has 146 valence electrons. The minimum absolute atomic E-state index is 0.249. The summed E-state index contributed by atoms with van der Waals surface area (Å²) in [5.74, 6) is 1.23. The van der Waals surface area contributed by atoms with Gasteiger partial charge in [0.15, 0.2) is 11.5 Å². The Morgan fingerprint density at radius 3 is 2.64 bits per heavy atom. The number of halogens is 1. The van der Waals surface area contributed by atoms with Crippen LogP contribution in [-0.2, 0) is 13.1 Å². The predicted octanol–water partition coefficient (Wildman–Crippen LogP) is 3.12.